The maximum atomic E-state index is 12.7. The predicted octanol–water partition coefficient (Wildman–Crippen LogP) is 3.22. The lowest BCUT2D eigenvalue weighted by molar-refractivity contribution is -0.385. The topological polar surface area (TPSA) is 102 Å². The lowest BCUT2D eigenvalue weighted by Crippen LogP contribution is -2.37. The number of nitrogens with one attached hydrogen (secondary N) is 1. The highest BCUT2D eigenvalue weighted by Crippen LogP contribution is 2.33. The number of anilines is 2. The highest BCUT2D eigenvalue weighted by Gasteiger charge is 2.32. The highest BCUT2D eigenvalue weighted by atomic mass is 16.6. The van der Waals surface area contributed by atoms with Gasteiger partial charge in [-0.25, -0.2) is 0 Å². The monoisotopic (exact) mass is 395 g/mol. The van der Waals surface area contributed by atoms with E-state index in [1.165, 1.54) is 6.07 Å². The average Bonchev–Trinajstić information content (AvgIpc) is 3.37. The van der Waals surface area contributed by atoms with Crippen LogP contribution in [0.2, 0.25) is 0 Å². The summed E-state index contributed by atoms with van der Waals surface area (Å²) in [6, 6.07) is 9.82. The number of hydrogen-bond donors (Lipinski definition) is 1. The molecule has 2 heterocycles. The fourth-order valence-corrected chi connectivity index (χ4v) is 3.78. The number of amides is 2. The zero-order chi connectivity index (χ0) is 20.5. The Morgan fingerprint density at radius 1 is 1.24 bits per heavy atom. The molecule has 0 aliphatic carbocycles. The molecule has 2 aromatic carbocycles. The highest BCUT2D eigenvalue weighted by molar-refractivity contribution is 6.05. The number of carbonyl (C=O) groups is 2. The number of nitrogens with zero attached hydrogens (tertiary/aromatic N) is 2. The Balaban J connectivity index is 1.54. The van der Waals surface area contributed by atoms with Crippen molar-refractivity contribution in [1.29, 1.82) is 0 Å². The van der Waals surface area contributed by atoms with Gasteiger partial charge < -0.3 is 15.0 Å². The van der Waals surface area contributed by atoms with Crippen LogP contribution in [0.5, 0.6) is 0 Å². The molecule has 8 heteroatoms. The van der Waals surface area contributed by atoms with Crippen molar-refractivity contribution in [2.75, 3.05) is 23.4 Å². The molecule has 1 fully saturated rings. The lowest BCUT2D eigenvalue weighted by Gasteiger charge is -2.21. The van der Waals surface area contributed by atoms with Gasteiger partial charge in [0.15, 0.2) is 0 Å². The van der Waals surface area contributed by atoms with E-state index in [9.17, 15) is 19.7 Å². The van der Waals surface area contributed by atoms with Crippen LogP contribution in [0.25, 0.3) is 0 Å². The Morgan fingerprint density at radius 2 is 2.07 bits per heavy atom. The minimum Gasteiger partial charge on any atom is -0.368 e. The Bertz CT molecular complexity index is 998. The maximum Gasteiger partial charge on any atom is 0.273 e. The van der Waals surface area contributed by atoms with Gasteiger partial charge in [0, 0.05) is 41.7 Å². The normalized spacial score (nSPS) is 17.8. The predicted molar refractivity (Wildman–Crippen MR) is 107 cm³/mol. The molecule has 1 saturated heterocycles. The van der Waals surface area contributed by atoms with E-state index >= 15 is 0 Å². The smallest absolute Gasteiger partial charge is 0.273 e. The van der Waals surface area contributed by atoms with Gasteiger partial charge >= 0.3 is 0 Å². The third kappa shape index (κ3) is 3.71. The minimum atomic E-state index is -0.504. The minimum absolute atomic E-state index is 0.0427. The van der Waals surface area contributed by atoms with Crippen LogP contribution in [0.15, 0.2) is 36.4 Å². The van der Waals surface area contributed by atoms with Gasteiger partial charge in [-0.15, -0.1) is 0 Å². The fraction of sp³-hybridized carbons (Fsp3) is 0.333. The van der Waals surface area contributed by atoms with E-state index in [4.69, 9.17) is 4.74 Å². The summed E-state index contributed by atoms with van der Waals surface area (Å²) in [5, 5.41) is 13.9. The molecule has 0 spiro atoms. The van der Waals surface area contributed by atoms with Crippen LogP contribution in [0.3, 0.4) is 0 Å². The summed E-state index contributed by atoms with van der Waals surface area (Å²) in [4.78, 5) is 37.7. The SMILES string of the molecule is Cc1ccc(C(=O)Nc2ccc3c(c2)N(C(=O)C2CCCO2)CC3)cc1[N+](=O)[O-]. The van der Waals surface area contributed by atoms with Crippen LogP contribution in [0.1, 0.15) is 34.3 Å². The van der Waals surface area contributed by atoms with Crippen LogP contribution < -0.4 is 10.2 Å². The number of aryl methyl sites for hydroxylation is 1. The number of ether oxygens (including phenoxy) is 1. The van der Waals surface area contributed by atoms with Gasteiger partial charge in [-0.3, -0.25) is 19.7 Å². The molecular formula is C21H21N3O5. The van der Waals surface area contributed by atoms with E-state index in [1.807, 2.05) is 6.07 Å². The first-order valence-corrected chi connectivity index (χ1v) is 9.56. The third-order valence-corrected chi connectivity index (χ3v) is 5.38. The van der Waals surface area contributed by atoms with Crippen molar-refractivity contribution in [1.82, 2.24) is 0 Å². The van der Waals surface area contributed by atoms with Crippen LogP contribution in [-0.2, 0) is 16.0 Å². The van der Waals surface area contributed by atoms with Crippen molar-refractivity contribution < 1.29 is 19.2 Å². The van der Waals surface area contributed by atoms with Crippen molar-refractivity contribution in [2.45, 2.75) is 32.3 Å². The van der Waals surface area contributed by atoms with E-state index < -0.39 is 16.9 Å². The number of benzene rings is 2. The van der Waals surface area contributed by atoms with Crippen LogP contribution in [0.4, 0.5) is 17.1 Å². The van der Waals surface area contributed by atoms with Crippen molar-refractivity contribution in [3.05, 3.63) is 63.2 Å². The number of carbonyl (C=O) groups excluding carboxylic acids is 2. The molecule has 1 atom stereocenters. The fourth-order valence-electron chi connectivity index (χ4n) is 3.78. The summed E-state index contributed by atoms with van der Waals surface area (Å²) < 4.78 is 5.52. The molecule has 4 rings (SSSR count). The van der Waals surface area contributed by atoms with Gasteiger partial charge in [0.1, 0.15) is 6.10 Å². The van der Waals surface area contributed by atoms with Crippen molar-refractivity contribution >= 4 is 28.9 Å². The van der Waals surface area contributed by atoms with E-state index in [1.54, 1.807) is 36.1 Å². The average molecular weight is 395 g/mol. The molecule has 8 nitrogen and oxygen atoms in total. The number of nitro groups is 1. The van der Waals surface area contributed by atoms with Gasteiger partial charge in [-0.2, -0.15) is 0 Å². The second-order valence-corrected chi connectivity index (χ2v) is 7.30. The van der Waals surface area contributed by atoms with Crippen LogP contribution >= 0.6 is 0 Å². The summed E-state index contributed by atoms with van der Waals surface area (Å²) in [5.74, 6) is -0.484. The zero-order valence-electron chi connectivity index (χ0n) is 16.0. The molecule has 2 aliphatic rings. The largest absolute Gasteiger partial charge is 0.368 e. The Labute approximate surface area is 167 Å². The Morgan fingerprint density at radius 3 is 2.79 bits per heavy atom. The van der Waals surface area contributed by atoms with Crippen molar-refractivity contribution in [2.24, 2.45) is 0 Å². The van der Waals surface area contributed by atoms with Crippen LogP contribution in [0, 0.1) is 17.0 Å². The first-order chi connectivity index (χ1) is 13.9. The molecule has 0 radical (unpaired) electrons. The molecule has 1 unspecified atom stereocenters. The van der Waals surface area contributed by atoms with Crippen LogP contribution in [-0.4, -0.2) is 36.0 Å². The molecule has 0 aromatic heterocycles. The van der Waals surface area contributed by atoms with Crippen molar-refractivity contribution in [3.63, 3.8) is 0 Å². The number of fused-ring (bicyclic) bond motifs is 1. The molecule has 0 bridgehead atoms. The summed E-state index contributed by atoms with van der Waals surface area (Å²) in [7, 11) is 0. The maximum absolute atomic E-state index is 12.7. The number of nitro benzene ring substituents is 1. The number of rotatable bonds is 4. The van der Waals surface area contributed by atoms with E-state index in [0.717, 1.165) is 30.5 Å². The Kier molecular flexibility index (Phi) is 5.02. The molecule has 150 valence electrons. The van der Waals surface area contributed by atoms with E-state index in [0.29, 0.717) is 24.4 Å². The molecule has 1 N–H and O–H groups in total. The van der Waals surface area contributed by atoms with Gasteiger partial charge in [0.05, 0.1) is 4.92 Å². The third-order valence-electron chi connectivity index (χ3n) is 5.38. The van der Waals surface area contributed by atoms with Gasteiger partial charge in [0.25, 0.3) is 17.5 Å². The standard InChI is InChI=1S/C21H21N3O5/c1-13-4-5-15(11-17(13)24(27)28)20(25)22-16-7-6-14-8-9-23(18(14)12-16)21(26)19-3-2-10-29-19/h4-7,11-12,19H,2-3,8-10H2,1H3,(H,22,25). The van der Waals surface area contributed by atoms with E-state index in [2.05, 4.69) is 5.32 Å². The summed E-state index contributed by atoms with van der Waals surface area (Å²) in [6.07, 6.45) is 1.97. The molecular weight excluding hydrogens is 374 g/mol. The molecule has 0 saturated carbocycles. The van der Waals surface area contributed by atoms with E-state index in [-0.39, 0.29) is 17.2 Å². The van der Waals surface area contributed by atoms with Gasteiger partial charge in [0.2, 0.25) is 0 Å². The second kappa shape index (κ2) is 7.63. The lowest BCUT2D eigenvalue weighted by atomic mass is 10.1. The zero-order valence-corrected chi connectivity index (χ0v) is 16.0. The van der Waals surface area contributed by atoms with Crippen molar-refractivity contribution in [3.8, 4) is 0 Å². The quantitative estimate of drug-likeness (QED) is 0.633. The first kappa shape index (κ1) is 19.1. The van der Waals surface area contributed by atoms with Gasteiger partial charge in [-0.05, 0) is 49.9 Å². The summed E-state index contributed by atoms with van der Waals surface area (Å²) >= 11 is 0. The Hall–Kier alpha value is -3.26. The summed E-state index contributed by atoms with van der Waals surface area (Å²) in [6.45, 7) is 2.82. The second-order valence-electron chi connectivity index (χ2n) is 7.30. The first-order valence-electron chi connectivity index (χ1n) is 9.56. The van der Waals surface area contributed by atoms with Gasteiger partial charge in [-0.1, -0.05) is 12.1 Å². The summed E-state index contributed by atoms with van der Waals surface area (Å²) in [5.41, 5.74) is 2.95. The molecule has 2 aromatic rings. The number of hydrogen-bond acceptors (Lipinski definition) is 5. The molecule has 2 amide bonds. The molecule has 29 heavy (non-hydrogen) atoms. The molecule has 2 aliphatic heterocycles.